The second kappa shape index (κ2) is 6.45. The molecule has 0 bridgehead atoms. The van der Waals surface area contributed by atoms with Gasteiger partial charge < -0.3 is 15.0 Å². The topological polar surface area (TPSA) is 30.3 Å². The van der Waals surface area contributed by atoms with Crippen LogP contribution in [0.15, 0.2) is 18.2 Å². The Morgan fingerprint density at radius 3 is 2.71 bits per heavy atom. The molecule has 1 aromatic carbocycles. The van der Waals surface area contributed by atoms with E-state index in [2.05, 4.69) is 5.32 Å². The molecule has 17 heavy (non-hydrogen) atoms. The fraction of sp³-hybridized carbons (Fsp3) is 0.500. The summed E-state index contributed by atoms with van der Waals surface area (Å²) >= 11 is 11.9. The summed E-state index contributed by atoms with van der Waals surface area (Å²) < 4.78 is 5.67. The molecule has 2 rings (SSSR count). The molecule has 0 radical (unpaired) electrons. The van der Waals surface area contributed by atoms with Crippen LogP contribution in [0.3, 0.4) is 0 Å². The van der Waals surface area contributed by atoms with Crippen molar-refractivity contribution in [3.63, 3.8) is 0 Å². The molecule has 0 unspecified atom stereocenters. The van der Waals surface area contributed by atoms with Crippen molar-refractivity contribution in [2.45, 2.75) is 0 Å². The van der Waals surface area contributed by atoms with Crippen molar-refractivity contribution < 1.29 is 15.0 Å². The summed E-state index contributed by atoms with van der Waals surface area (Å²) in [6.45, 7) is 6.62. The summed E-state index contributed by atoms with van der Waals surface area (Å²) in [5.74, 6) is 0.721. The summed E-state index contributed by atoms with van der Waals surface area (Å²) in [6, 6.07) is 5.33. The average Bonchev–Trinajstić information content (AvgIpc) is 2.33. The lowest BCUT2D eigenvalue weighted by molar-refractivity contribution is -0.946. The van der Waals surface area contributed by atoms with Crippen molar-refractivity contribution >= 4 is 23.2 Å². The Kier molecular flexibility index (Phi) is 4.92. The summed E-state index contributed by atoms with van der Waals surface area (Å²) in [6.07, 6.45) is 0. The molecule has 94 valence electrons. The Hall–Kier alpha value is -0.480. The van der Waals surface area contributed by atoms with E-state index in [1.165, 1.54) is 26.2 Å². The first-order valence-electron chi connectivity index (χ1n) is 5.99. The highest BCUT2D eigenvalue weighted by molar-refractivity contribution is 6.35. The van der Waals surface area contributed by atoms with E-state index < -0.39 is 0 Å². The van der Waals surface area contributed by atoms with Crippen LogP contribution in [-0.4, -0.2) is 39.3 Å². The number of nitrogens with two attached hydrogens (primary N) is 1. The molecule has 3 nitrogen and oxygen atoms in total. The van der Waals surface area contributed by atoms with Gasteiger partial charge >= 0.3 is 0 Å². The van der Waals surface area contributed by atoms with Gasteiger partial charge in [-0.15, -0.1) is 0 Å². The van der Waals surface area contributed by atoms with Crippen LogP contribution in [0.1, 0.15) is 0 Å². The van der Waals surface area contributed by atoms with Crippen LogP contribution in [-0.2, 0) is 0 Å². The van der Waals surface area contributed by atoms with Gasteiger partial charge in [-0.2, -0.15) is 0 Å². The van der Waals surface area contributed by atoms with E-state index in [1.54, 1.807) is 17.0 Å². The molecule has 0 spiro atoms. The molecule has 1 heterocycles. The van der Waals surface area contributed by atoms with Crippen LogP contribution < -0.4 is 15.0 Å². The number of ether oxygens (including phenoxy) is 1. The van der Waals surface area contributed by atoms with E-state index >= 15 is 0 Å². The molecule has 0 saturated carbocycles. The smallest absolute Gasteiger partial charge is 0.138 e. The van der Waals surface area contributed by atoms with E-state index in [0.29, 0.717) is 16.7 Å². The summed E-state index contributed by atoms with van der Waals surface area (Å²) in [5.41, 5.74) is 0. The van der Waals surface area contributed by atoms with Crippen LogP contribution in [0.5, 0.6) is 5.75 Å². The van der Waals surface area contributed by atoms with Gasteiger partial charge in [0.15, 0.2) is 0 Å². The van der Waals surface area contributed by atoms with Gasteiger partial charge in [0.25, 0.3) is 0 Å². The number of halogens is 2. The zero-order valence-corrected chi connectivity index (χ0v) is 11.2. The predicted molar refractivity (Wildman–Crippen MR) is 69.2 cm³/mol. The Morgan fingerprint density at radius 2 is 2.00 bits per heavy atom. The molecule has 1 aromatic rings. The Morgan fingerprint density at radius 1 is 1.24 bits per heavy atom. The normalized spacial score (nSPS) is 17.1. The standard InChI is InChI=1S/C12H16Cl2N2O/c13-10-1-2-12(11(14)9-10)17-8-7-16-5-3-15-4-6-16/h1-2,9,15H,3-8H2/p+2. The van der Waals surface area contributed by atoms with Gasteiger partial charge in [-0.25, -0.2) is 0 Å². The third-order valence-electron chi connectivity index (χ3n) is 3.01. The lowest BCUT2D eigenvalue weighted by Gasteiger charge is -2.22. The fourth-order valence-corrected chi connectivity index (χ4v) is 2.49. The highest BCUT2D eigenvalue weighted by Crippen LogP contribution is 2.27. The number of hydrogen-bond acceptors (Lipinski definition) is 1. The lowest BCUT2D eigenvalue weighted by Crippen LogP contribution is -3.20. The number of quaternary nitrogens is 2. The van der Waals surface area contributed by atoms with Crippen molar-refractivity contribution in [3.8, 4) is 5.75 Å². The van der Waals surface area contributed by atoms with Crippen molar-refractivity contribution in [2.24, 2.45) is 0 Å². The van der Waals surface area contributed by atoms with Crippen LogP contribution in [0.4, 0.5) is 0 Å². The summed E-state index contributed by atoms with van der Waals surface area (Å²) in [4.78, 5) is 1.61. The molecular formula is C12H18Cl2N2O+2. The number of rotatable bonds is 4. The first-order chi connectivity index (χ1) is 8.25. The van der Waals surface area contributed by atoms with Gasteiger partial charge in [0.1, 0.15) is 45.1 Å². The molecule has 1 saturated heterocycles. The highest BCUT2D eigenvalue weighted by Gasteiger charge is 2.15. The van der Waals surface area contributed by atoms with Crippen LogP contribution in [0.25, 0.3) is 0 Å². The number of hydrogen-bond donors (Lipinski definition) is 2. The zero-order chi connectivity index (χ0) is 12.1. The SMILES string of the molecule is Clc1ccc(OCC[NH+]2CC[NH2+]CC2)c(Cl)c1. The third kappa shape index (κ3) is 4.03. The van der Waals surface area contributed by atoms with Gasteiger partial charge in [-0.1, -0.05) is 23.2 Å². The predicted octanol–water partition coefficient (Wildman–Crippen LogP) is -0.166. The first-order valence-corrected chi connectivity index (χ1v) is 6.74. The zero-order valence-electron chi connectivity index (χ0n) is 9.72. The Bertz CT molecular complexity index is 368. The van der Waals surface area contributed by atoms with Crippen molar-refractivity contribution in [1.82, 2.24) is 0 Å². The third-order valence-corrected chi connectivity index (χ3v) is 3.54. The van der Waals surface area contributed by atoms with E-state index in [9.17, 15) is 0 Å². The van der Waals surface area contributed by atoms with Crippen LogP contribution >= 0.6 is 23.2 Å². The highest BCUT2D eigenvalue weighted by atomic mass is 35.5. The fourth-order valence-electron chi connectivity index (χ4n) is 2.03. The number of benzene rings is 1. The lowest BCUT2D eigenvalue weighted by atomic mass is 10.3. The minimum atomic E-state index is 0.583. The van der Waals surface area contributed by atoms with Crippen molar-refractivity contribution in [3.05, 3.63) is 28.2 Å². The molecular weight excluding hydrogens is 259 g/mol. The molecule has 0 aromatic heterocycles. The quantitative estimate of drug-likeness (QED) is 0.787. The van der Waals surface area contributed by atoms with E-state index in [4.69, 9.17) is 27.9 Å². The van der Waals surface area contributed by atoms with Crippen molar-refractivity contribution in [1.29, 1.82) is 0 Å². The first kappa shape index (κ1) is 13.0. The molecule has 0 aliphatic carbocycles. The minimum Gasteiger partial charge on any atom is -0.486 e. The summed E-state index contributed by atoms with van der Waals surface area (Å²) in [7, 11) is 0. The van der Waals surface area contributed by atoms with E-state index in [-0.39, 0.29) is 0 Å². The Balaban J connectivity index is 1.77. The molecule has 1 aliphatic rings. The maximum Gasteiger partial charge on any atom is 0.138 e. The molecule has 5 heteroatoms. The minimum absolute atomic E-state index is 0.583. The molecule has 3 N–H and O–H groups in total. The van der Waals surface area contributed by atoms with E-state index in [1.807, 2.05) is 6.07 Å². The largest absolute Gasteiger partial charge is 0.486 e. The molecule has 1 fully saturated rings. The second-order valence-corrected chi connectivity index (χ2v) is 5.13. The van der Waals surface area contributed by atoms with Crippen molar-refractivity contribution in [2.75, 3.05) is 39.3 Å². The molecule has 0 amide bonds. The molecule has 0 atom stereocenters. The van der Waals surface area contributed by atoms with Gasteiger partial charge in [0.05, 0.1) is 5.02 Å². The summed E-state index contributed by atoms with van der Waals surface area (Å²) in [5, 5.41) is 3.58. The van der Waals surface area contributed by atoms with Gasteiger partial charge in [0, 0.05) is 5.02 Å². The van der Waals surface area contributed by atoms with Gasteiger partial charge in [-0.3, -0.25) is 0 Å². The maximum atomic E-state index is 6.03. The number of piperazine rings is 1. The Labute approximate surface area is 112 Å². The monoisotopic (exact) mass is 276 g/mol. The van der Waals surface area contributed by atoms with Gasteiger partial charge in [0.2, 0.25) is 0 Å². The average molecular weight is 277 g/mol. The number of nitrogens with one attached hydrogen (secondary N) is 1. The van der Waals surface area contributed by atoms with E-state index in [0.717, 1.165) is 12.3 Å². The van der Waals surface area contributed by atoms with Gasteiger partial charge in [-0.05, 0) is 18.2 Å². The molecule has 1 aliphatic heterocycles. The van der Waals surface area contributed by atoms with Crippen LogP contribution in [0, 0.1) is 0 Å². The maximum absolute atomic E-state index is 6.03. The van der Waals surface area contributed by atoms with Crippen LogP contribution in [0.2, 0.25) is 10.0 Å². The second-order valence-electron chi connectivity index (χ2n) is 4.29.